The van der Waals surface area contributed by atoms with Crippen LogP contribution in [0, 0.1) is 11.3 Å². The number of carbonyl (C=O) groups excluding carboxylic acids is 1. The van der Waals surface area contributed by atoms with E-state index in [2.05, 4.69) is 22.0 Å². The van der Waals surface area contributed by atoms with Crippen molar-refractivity contribution in [3.63, 3.8) is 0 Å². The zero-order valence-corrected chi connectivity index (χ0v) is 9.99. The predicted molar refractivity (Wildman–Crippen MR) is 63.0 cm³/mol. The van der Waals surface area contributed by atoms with Gasteiger partial charge in [0.05, 0.1) is 12.5 Å². The molecule has 0 amide bonds. The Balaban J connectivity index is 2.83. The fourth-order valence-electron chi connectivity index (χ4n) is 1.20. The van der Waals surface area contributed by atoms with Crippen molar-refractivity contribution in [2.24, 2.45) is 0 Å². The van der Waals surface area contributed by atoms with Crippen LogP contribution < -0.4 is 4.90 Å². The molecule has 0 aromatic heterocycles. The van der Waals surface area contributed by atoms with Crippen LogP contribution in [-0.2, 0) is 0 Å². The van der Waals surface area contributed by atoms with Gasteiger partial charge in [0.25, 0.3) is 0 Å². The number of hydrogen-bond acceptors (Lipinski definition) is 3. The van der Waals surface area contributed by atoms with Crippen LogP contribution in [0.5, 0.6) is 0 Å². The number of carbonyl (C=O) groups is 1. The van der Waals surface area contributed by atoms with Gasteiger partial charge in [-0.05, 0) is 34.1 Å². The Morgan fingerprint density at radius 1 is 1.60 bits per heavy atom. The Hall–Kier alpha value is -1.34. The Kier molecular flexibility index (Phi) is 4.32. The summed E-state index contributed by atoms with van der Waals surface area (Å²) in [5, 5.41) is 8.47. The van der Waals surface area contributed by atoms with E-state index in [1.165, 1.54) is 0 Å². The molecule has 0 aliphatic heterocycles. The van der Waals surface area contributed by atoms with Gasteiger partial charge in [0.15, 0.2) is 6.29 Å². The van der Waals surface area contributed by atoms with Gasteiger partial charge in [0.2, 0.25) is 0 Å². The highest BCUT2D eigenvalue weighted by molar-refractivity contribution is 9.10. The van der Waals surface area contributed by atoms with E-state index in [9.17, 15) is 4.79 Å². The minimum Gasteiger partial charge on any atom is -0.374 e. The third-order valence-electron chi connectivity index (χ3n) is 2.11. The summed E-state index contributed by atoms with van der Waals surface area (Å²) in [6.45, 7) is 0.684. The number of aldehydes is 1. The molecule has 78 valence electrons. The van der Waals surface area contributed by atoms with Crippen molar-refractivity contribution in [1.82, 2.24) is 0 Å². The van der Waals surface area contributed by atoms with E-state index in [1.54, 1.807) is 6.07 Å². The van der Waals surface area contributed by atoms with E-state index in [0.717, 1.165) is 16.4 Å². The van der Waals surface area contributed by atoms with Crippen LogP contribution in [0.2, 0.25) is 0 Å². The zero-order chi connectivity index (χ0) is 11.3. The Bertz CT molecular complexity index is 398. The molecule has 15 heavy (non-hydrogen) atoms. The fourth-order valence-corrected chi connectivity index (χ4v) is 1.66. The minimum atomic E-state index is 0.490. The number of halogens is 1. The average molecular weight is 267 g/mol. The van der Waals surface area contributed by atoms with Gasteiger partial charge in [-0.3, -0.25) is 4.79 Å². The number of anilines is 1. The molecule has 0 saturated heterocycles. The lowest BCUT2D eigenvalue weighted by Crippen LogP contribution is -2.17. The molecule has 0 saturated carbocycles. The van der Waals surface area contributed by atoms with Crippen molar-refractivity contribution in [3.8, 4) is 6.07 Å². The fraction of sp³-hybridized carbons (Fsp3) is 0.273. The van der Waals surface area contributed by atoms with Crippen LogP contribution in [-0.4, -0.2) is 19.9 Å². The largest absolute Gasteiger partial charge is 0.374 e. The molecule has 0 bridgehead atoms. The molecule has 0 heterocycles. The molecule has 0 radical (unpaired) electrons. The molecule has 0 aliphatic carbocycles. The average Bonchev–Trinajstić information content (AvgIpc) is 2.25. The predicted octanol–water partition coefficient (Wildman–Crippen LogP) is 2.61. The normalized spacial score (nSPS) is 9.40. The second kappa shape index (κ2) is 5.52. The number of rotatable bonds is 4. The third-order valence-corrected chi connectivity index (χ3v) is 2.80. The van der Waals surface area contributed by atoms with E-state index >= 15 is 0 Å². The molecular weight excluding hydrogens is 256 g/mol. The van der Waals surface area contributed by atoms with Crippen molar-refractivity contribution < 1.29 is 4.79 Å². The second-order valence-electron chi connectivity index (χ2n) is 3.15. The first-order valence-electron chi connectivity index (χ1n) is 4.52. The first kappa shape index (κ1) is 11.7. The zero-order valence-electron chi connectivity index (χ0n) is 8.40. The monoisotopic (exact) mass is 266 g/mol. The topological polar surface area (TPSA) is 44.1 Å². The molecule has 0 aliphatic rings. The number of hydrogen-bond donors (Lipinski definition) is 0. The maximum Gasteiger partial charge on any atom is 0.151 e. The van der Waals surface area contributed by atoms with Crippen LogP contribution in [0.25, 0.3) is 0 Å². The minimum absolute atomic E-state index is 0.490. The Morgan fingerprint density at radius 2 is 2.33 bits per heavy atom. The molecule has 0 unspecified atom stereocenters. The maximum atomic E-state index is 10.6. The Morgan fingerprint density at radius 3 is 2.87 bits per heavy atom. The van der Waals surface area contributed by atoms with Crippen LogP contribution in [0.15, 0.2) is 22.7 Å². The van der Waals surface area contributed by atoms with Crippen molar-refractivity contribution in [2.45, 2.75) is 6.42 Å². The van der Waals surface area contributed by atoms with Crippen molar-refractivity contribution in [3.05, 3.63) is 28.2 Å². The molecule has 1 aromatic rings. The van der Waals surface area contributed by atoms with Crippen LogP contribution >= 0.6 is 15.9 Å². The Labute approximate surface area is 97.4 Å². The van der Waals surface area contributed by atoms with Crippen LogP contribution in [0.3, 0.4) is 0 Å². The number of nitrogens with zero attached hydrogens (tertiary/aromatic N) is 2. The summed E-state index contributed by atoms with van der Waals surface area (Å²) in [6, 6.07) is 7.60. The maximum absolute atomic E-state index is 10.6. The van der Waals surface area contributed by atoms with Crippen molar-refractivity contribution in [1.29, 1.82) is 5.26 Å². The molecule has 3 nitrogen and oxygen atoms in total. The highest BCUT2D eigenvalue weighted by Gasteiger charge is 2.04. The summed E-state index contributed by atoms with van der Waals surface area (Å²) < 4.78 is 0.777. The highest BCUT2D eigenvalue weighted by Crippen LogP contribution is 2.22. The molecular formula is C11H11BrN2O. The van der Waals surface area contributed by atoms with Crippen LogP contribution in [0.4, 0.5) is 5.69 Å². The first-order chi connectivity index (χ1) is 7.19. The smallest absolute Gasteiger partial charge is 0.151 e. The number of benzene rings is 1. The van der Waals surface area contributed by atoms with E-state index in [0.29, 0.717) is 18.5 Å². The standard InChI is InChI=1S/C11H11BrN2O/c1-14(6-2-5-13)10-4-3-9(8-15)11(12)7-10/h3-4,7-8H,2,6H2,1H3. The molecule has 0 spiro atoms. The lowest BCUT2D eigenvalue weighted by molar-refractivity contribution is 0.112. The van der Waals surface area contributed by atoms with E-state index in [1.807, 2.05) is 24.1 Å². The summed E-state index contributed by atoms with van der Waals surface area (Å²) in [4.78, 5) is 12.6. The van der Waals surface area contributed by atoms with Crippen molar-refractivity contribution in [2.75, 3.05) is 18.5 Å². The van der Waals surface area contributed by atoms with Gasteiger partial charge in [-0.15, -0.1) is 0 Å². The van der Waals surface area contributed by atoms with Gasteiger partial charge in [-0.2, -0.15) is 5.26 Å². The summed E-state index contributed by atoms with van der Waals surface area (Å²) in [7, 11) is 1.92. The van der Waals surface area contributed by atoms with Crippen LogP contribution in [0.1, 0.15) is 16.8 Å². The SMILES string of the molecule is CN(CCC#N)c1ccc(C=O)c(Br)c1. The van der Waals surface area contributed by atoms with Gasteiger partial charge in [-0.25, -0.2) is 0 Å². The molecule has 1 aromatic carbocycles. The lowest BCUT2D eigenvalue weighted by atomic mass is 10.2. The van der Waals surface area contributed by atoms with Gasteiger partial charge in [0, 0.05) is 29.3 Å². The van der Waals surface area contributed by atoms with Crippen molar-refractivity contribution >= 4 is 27.9 Å². The summed E-state index contributed by atoms with van der Waals surface area (Å²) in [6.07, 6.45) is 1.30. The van der Waals surface area contributed by atoms with E-state index < -0.39 is 0 Å². The molecule has 1 rings (SSSR count). The van der Waals surface area contributed by atoms with E-state index in [-0.39, 0.29) is 0 Å². The highest BCUT2D eigenvalue weighted by atomic mass is 79.9. The summed E-state index contributed by atoms with van der Waals surface area (Å²) in [5.41, 5.74) is 1.62. The molecule has 0 N–H and O–H groups in total. The summed E-state index contributed by atoms with van der Waals surface area (Å²) >= 11 is 3.32. The summed E-state index contributed by atoms with van der Waals surface area (Å²) in [5.74, 6) is 0. The molecule has 0 atom stereocenters. The quantitative estimate of drug-likeness (QED) is 0.787. The first-order valence-corrected chi connectivity index (χ1v) is 5.31. The van der Waals surface area contributed by atoms with Gasteiger partial charge >= 0.3 is 0 Å². The van der Waals surface area contributed by atoms with Gasteiger partial charge in [0.1, 0.15) is 0 Å². The van der Waals surface area contributed by atoms with E-state index in [4.69, 9.17) is 5.26 Å². The van der Waals surface area contributed by atoms with Gasteiger partial charge in [-0.1, -0.05) is 0 Å². The number of nitriles is 1. The van der Waals surface area contributed by atoms with Gasteiger partial charge < -0.3 is 4.90 Å². The molecule has 4 heteroatoms. The lowest BCUT2D eigenvalue weighted by Gasteiger charge is -2.18. The second-order valence-corrected chi connectivity index (χ2v) is 4.01. The third kappa shape index (κ3) is 3.07. The molecule has 0 fully saturated rings.